The summed E-state index contributed by atoms with van der Waals surface area (Å²) in [5.41, 5.74) is 7.62. The van der Waals surface area contributed by atoms with Crippen LogP contribution in [0.25, 0.3) is 0 Å². The molecule has 1 aromatic carbocycles. The van der Waals surface area contributed by atoms with Crippen molar-refractivity contribution in [2.75, 3.05) is 26.7 Å². The minimum Gasteiger partial charge on any atom is -0.497 e. The Hall–Kier alpha value is -1.59. The zero-order chi connectivity index (χ0) is 18.8. The lowest BCUT2D eigenvalue weighted by atomic mass is 9.84. The monoisotopic (exact) mass is 371 g/mol. The van der Waals surface area contributed by atoms with Crippen LogP contribution in [0.3, 0.4) is 0 Å². The Morgan fingerprint density at radius 3 is 2.52 bits per heavy atom. The predicted molar refractivity (Wildman–Crippen MR) is 106 cm³/mol. The van der Waals surface area contributed by atoms with Gasteiger partial charge in [0.2, 0.25) is 5.91 Å². The molecule has 5 nitrogen and oxygen atoms in total. The third kappa shape index (κ3) is 3.85. The van der Waals surface area contributed by atoms with Gasteiger partial charge in [0.25, 0.3) is 0 Å². The number of rotatable bonds is 6. The van der Waals surface area contributed by atoms with Crippen LogP contribution in [0, 0.1) is 17.8 Å². The first-order valence-electron chi connectivity index (χ1n) is 10.6. The van der Waals surface area contributed by atoms with Gasteiger partial charge in [-0.15, -0.1) is 0 Å². The van der Waals surface area contributed by atoms with E-state index in [1.54, 1.807) is 7.11 Å². The summed E-state index contributed by atoms with van der Waals surface area (Å²) in [6, 6.07) is 8.56. The van der Waals surface area contributed by atoms with Crippen LogP contribution in [0.1, 0.15) is 50.1 Å². The molecule has 2 saturated carbocycles. The third-order valence-corrected chi connectivity index (χ3v) is 7.09. The second-order valence-corrected chi connectivity index (χ2v) is 8.57. The molecule has 1 heterocycles. The minimum absolute atomic E-state index is 0.0154. The van der Waals surface area contributed by atoms with Gasteiger partial charge in [-0.2, -0.15) is 0 Å². The number of carbonyl (C=O) groups is 1. The van der Waals surface area contributed by atoms with Gasteiger partial charge in [-0.1, -0.05) is 18.6 Å². The van der Waals surface area contributed by atoms with Gasteiger partial charge in [0.15, 0.2) is 0 Å². The van der Waals surface area contributed by atoms with E-state index in [1.807, 2.05) is 12.1 Å². The van der Waals surface area contributed by atoms with Crippen molar-refractivity contribution in [2.45, 2.75) is 50.6 Å². The lowest BCUT2D eigenvalue weighted by Gasteiger charge is -2.36. The number of amides is 1. The quantitative estimate of drug-likeness (QED) is 0.807. The van der Waals surface area contributed by atoms with Gasteiger partial charge >= 0.3 is 0 Å². The Balaban J connectivity index is 1.44. The van der Waals surface area contributed by atoms with E-state index in [-0.39, 0.29) is 23.9 Å². The number of fused-ring (bicyclic) bond motifs is 2. The fourth-order valence-electron chi connectivity index (χ4n) is 5.55. The molecule has 2 aliphatic carbocycles. The number of piperidine rings is 1. The van der Waals surface area contributed by atoms with Crippen molar-refractivity contribution in [1.29, 1.82) is 0 Å². The number of nitrogens with zero attached hydrogens (tertiary/aromatic N) is 1. The summed E-state index contributed by atoms with van der Waals surface area (Å²) in [5.74, 6) is 2.12. The number of likely N-dealkylation sites (tertiary alicyclic amines) is 1. The molecule has 1 amide bonds. The van der Waals surface area contributed by atoms with Gasteiger partial charge in [-0.3, -0.25) is 9.69 Å². The van der Waals surface area contributed by atoms with Crippen molar-refractivity contribution >= 4 is 5.91 Å². The highest BCUT2D eigenvalue weighted by Crippen LogP contribution is 2.47. The van der Waals surface area contributed by atoms with Crippen LogP contribution in [-0.4, -0.2) is 43.6 Å². The highest BCUT2D eigenvalue weighted by molar-refractivity contribution is 5.80. The molecule has 0 radical (unpaired) electrons. The van der Waals surface area contributed by atoms with Crippen LogP contribution in [0.2, 0.25) is 0 Å². The fraction of sp³-hybridized carbons (Fsp3) is 0.682. The molecular weight excluding hydrogens is 338 g/mol. The van der Waals surface area contributed by atoms with Crippen molar-refractivity contribution in [3.63, 3.8) is 0 Å². The number of carbonyl (C=O) groups excluding carboxylic acids is 1. The van der Waals surface area contributed by atoms with Crippen LogP contribution >= 0.6 is 0 Å². The highest BCUT2D eigenvalue weighted by Gasteiger charge is 2.49. The highest BCUT2D eigenvalue weighted by atomic mass is 16.5. The van der Waals surface area contributed by atoms with E-state index < -0.39 is 0 Å². The lowest BCUT2D eigenvalue weighted by molar-refractivity contribution is -0.127. The summed E-state index contributed by atoms with van der Waals surface area (Å²) < 4.78 is 5.30. The van der Waals surface area contributed by atoms with Gasteiger partial charge in [-0.05, 0) is 74.7 Å². The maximum Gasteiger partial charge on any atom is 0.225 e. The molecular formula is C22H33N3O2. The largest absolute Gasteiger partial charge is 0.497 e. The number of benzene rings is 1. The number of hydrogen-bond acceptors (Lipinski definition) is 4. The first kappa shape index (κ1) is 18.8. The maximum atomic E-state index is 12.9. The molecule has 2 bridgehead atoms. The summed E-state index contributed by atoms with van der Waals surface area (Å²) in [7, 11) is 1.69. The second-order valence-electron chi connectivity index (χ2n) is 8.57. The smallest absolute Gasteiger partial charge is 0.225 e. The first-order chi connectivity index (χ1) is 13.2. The molecule has 5 atom stereocenters. The van der Waals surface area contributed by atoms with E-state index in [2.05, 4.69) is 22.3 Å². The lowest BCUT2D eigenvalue weighted by Crippen LogP contribution is -2.47. The standard InChI is InChI=1S/C22H33N3O2/c1-27-18-9-7-15(8-10-18)19(25-11-3-2-4-12-25)14-24-22(26)20-16-5-6-17(13-16)21(20)23/h7-10,16-17,19-21H,2-6,11-14,23H2,1H3,(H,24,26). The van der Waals surface area contributed by atoms with Crippen molar-refractivity contribution < 1.29 is 9.53 Å². The van der Waals surface area contributed by atoms with Crippen molar-refractivity contribution in [2.24, 2.45) is 23.5 Å². The molecule has 1 saturated heterocycles. The molecule has 3 fully saturated rings. The van der Waals surface area contributed by atoms with Crippen molar-refractivity contribution in [3.05, 3.63) is 29.8 Å². The SMILES string of the molecule is COc1ccc(C(CNC(=O)C2C3CCC(C3)C2N)N2CCCCC2)cc1. The Morgan fingerprint density at radius 2 is 1.89 bits per heavy atom. The Labute approximate surface area is 162 Å². The summed E-state index contributed by atoms with van der Waals surface area (Å²) in [4.78, 5) is 15.5. The van der Waals surface area contributed by atoms with E-state index in [0.29, 0.717) is 18.4 Å². The van der Waals surface area contributed by atoms with E-state index in [0.717, 1.165) is 25.3 Å². The van der Waals surface area contributed by atoms with E-state index >= 15 is 0 Å². The van der Waals surface area contributed by atoms with Gasteiger partial charge < -0.3 is 15.8 Å². The van der Waals surface area contributed by atoms with Crippen LogP contribution in [0.15, 0.2) is 24.3 Å². The summed E-state index contributed by atoms with van der Waals surface area (Å²) in [6.07, 6.45) is 7.30. The zero-order valence-electron chi connectivity index (χ0n) is 16.4. The minimum atomic E-state index is 0.0154. The van der Waals surface area contributed by atoms with E-state index in [9.17, 15) is 4.79 Å². The second kappa shape index (κ2) is 8.19. The van der Waals surface area contributed by atoms with Gasteiger partial charge in [0.1, 0.15) is 5.75 Å². The van der Waals surface area contributed by atoms with Gasteiger partial charge in [-0.25, -0.2) is 0 Å². The fourth-order valence-corrected chi connectivity index (χ4v) is 5.55. The predicted octanol–water partition coefficient (Wildman–Crippen LogP) is 2.71. The van der Waals surface area contributed by atoms with Crippen LogP contribution in [0.4, 0.5) is 0 Å². The van der Waals surface area contributed by atoms with Crippen LogP contribution < -0.4 is 15.8 Å². The molecule has 0 aromatic heterocycles. The van der Waals surface area contributed by atoms with E-state index in [1.165, 1.54) is 37.7 Å². The van der Waals surface area contributed by atoms with Gasteiger partial charge in [0.05, 0.1) is 19.1 Å². The number of hydrogen-bond donors (Lipinski definition) is 2. The topological polar surface area (TPSA) is 67.6 Å². The molecule has 4 rings (SSSR count). The molecule has 0 spiro atoms. The van der Waals surface area contributed by atoms with Crippen molar-refractivity contribution in [3.8, 4) is 5.75 Å². The van der Waals surface area contributed by atoms with E-state index in [4.69, 9.17) is 10.5 Å². The number of nitrogens with one attached hydrogen (secondary N) is 1. The average molecular weight is 372 g/mol. The normalized spacial score (nSPS) is 31.6. The molecule has 3 aliphatic rings. The number of methoxy groups -OCH3 is 1. The molecule has 1 aliphatic heterocycles. The summed E-state index contributed by atoms with van der Waals surface area (Å²) >= 11 is 0. The molecule has 3 N–H and O–H groups in total. The Morgan fingerprint density at radius 1 is 1.19 bits per heavy atom. The number of ether oxygens (including phenoxy) is 1. The molecule has 5 unspecified atom stereocenters. The van der Waals surface area contributed by atoms with Crippen molar-refractivity contribution in [1.82, 2.24) is 10.2 Å². The summed E-state index contributed by atoms with van der Waals surface area (Å²) in [5, 5.41) is 3.27. The number of nitrogens with two attached hydrogens (primary N) is 1. The Bertz CT molecular complexity index is 639. The van der Waals surface area contributed by atoms with Gasteiger partial charge in [0, 0.05) is 12.6 Å². The van der Waals surface area contributed by atoms with Crippen LogP contribution in [0.5, 0.6) is 5.75 Å². The Kier molecular flexibility index (Phi) is 5.69. The first-order valence-corrected chi connectivity index (χ1v) is 10.6. The maximum absolute atomic E-state index is 12.9. The van der Waals surface area contributed by atoms with Crippen LogP contribution in [-0.2, 0) is 4.79 Å². The molecule has 5 heteroatoms. The zero-order valence-corrected chi connectivity index (χ0v) is 16.4. The molecule has 27 heavy (non-hydrogen) atoms. The third-order valence-electron chi connectivity index (χ3n) is 7.09. The molecule has 1 aromatic rings. The molecule has 148 valence electrons. The summed E-state index contributed by atoms with van der Waals surface area (Å²) in [6.45, 7) is 2.85. The average Bonchev–Trinajstić information content (AvgIpc) is 3.30.